The predicted molar refractivity (Wildman–Crippen MR) is 63.2 cm³/mol. The molecule has 1 amide bonds. The van der Waals surface area contributed by atoms with Crippen molar-refractivity contribution in [2.45, 2.75) is 6.54 Å². The van der Waals surface area contributed by atoms with Crippen LogP contribution in [0.25, 0.3) is 0 Å². The maximum atomic E-state index is 11.8. The van der Waals surface area contributed by atoms with Gasteiger partial charge in [0.25, 0.3) is 0 Å². The zero-order chi connectivity index (χ0) is 13.7. The molecule has 0 aliphatic rings. The monoisotopic (exact) mass is 255 g/mol. The van der Waals surface area contributed by atoms with Crippen molar-refractivity contribution in [2.24, 2.45) is 0 Å². The van der Waals surface area contributed by atoms with Crippen LogP contribution in [0.4, 0.5) is 0 Å². The van der Waals surface area contributed by atoms with E-state index in [0.717, 1.165) is 6.54 Å². The van der Waals surface area contributed by atoms with Crippen LogP contribution in [0.2, 0.25) is 0 Å². The van der Waals surface area contributed by atoms with Gasteiger partial charge in [0.05, 0.1) is 6.20 Å². The van der Waals surface area contributed by atoms with Crippen LogP contribution in [0.5, 0.6) is 0 Å². The summed E-state index contributed by atoms with van der Waals surface area (Å²) in [6.45, 7) is 1.36. The molecule has 0 radical (unpaired) electrons. The average molecular weight is 255 g/mol. The van der Waals surface area contributed by atoms with Gasteiger partial charge in [-0.25, -0.2) is 9.48 Å². The molecule has 0 fully saturated rings. The minimum Gasteiger partial charge on any atom is -0.476 e. The Bertz CT molecular complexity index is 429. The molecule has 1 N–H and O–H groups in total. The quantitative estimate of drug-likeness (QED) is 0.700. The summed E-state index contributed by atoms with van der Waals surface area (Å²) in [5.41, 5.74) is -0.168. The van der Waals surface area contributed by atoms with Gasteiger partial charge in [-0.05, 0) is 14.1 Å². The molecule has 0 saturated heterocycles. The highest BCUT2D eigenvalue weighted by Gasteiger charge is 2.13. The number of carbonyl (C=O) groups is 2. The molecule has 0 atom stereocenters. The van der Waals surface area contributed by atoms with Crippen LogP contribution in [-0.4, -0.2) is 76.0 Å². The first-order chi connectivity index (χ1) is 8.40. The van der Waals surface area contributed by atoms with Gasteiger partial charge in [0.1, 0.15) is 6.54 Å². The highest BCUT2D eigenvalue weighted by molar-refractivity contribution is 5.84. The molecule has 0 aromatic carbocycles. The molecule has 0 bridgehead atoms. The summed E-state index contributed by atoms with van der Waals surface area (Å²) in [5.74, 6) is -1.30. The second kappa shape index (κ2) is 6.10. The first kappa shape index (κ1) is 14.1. The summed E-state index contributed by atoms with van der Waals surface area (Å²) in [4.78, 5) is 25.9. The zero-order valence-corrected chi connectivity index (χ0v) is 10.7. The largest absolute Gasteiger partial charge is 0.476 e. The van der Waals surface area contributed by atoms with Gasteiger partial charge in [0, 0.05) is 20.1 Å². The van der Waals surface area contributed by atoms with Gasteiger partial charge < -0.3 is 14.9 Å². The van der Waals surface area contributed by atoms with Crippen molar-refractivity contribution in [3.8, 4) is 0 Å². The molecule has 1 heterocycles. The SMILES string of the molecule is CN(C)CCN(C)C(=O)Cn1cc(C(=O)O)nn1. The summed E-state index contributed by atoms with van der Waals surface area (Å²) in [6.07, 6.45) is 1.24. The molecule has 0 unspecified atom stereocenters. The number of likely N-dealkylation sites (N-methyl/N-ethyl adjacent to an activating group) is 2. The molecule has 8 nitrogen and oxygen atoms in total. The van der Waals surface area contributed by atoms with Gasteiger partial charge >= 0.3 is 5.97 Å². The summed E-state index contributed by atoms with van der Waals surface area (Å²) < 4.78 is 1.22. The fraction of sp³-hybridized carbons (Fsp3) is 0.600. The number of hydrogen-bond donors (Lipinski definition) is 1. The first-order valence-corrected chi connectivity index (χ1v) is 5.42. The highest BCUT2D eigenvalue weighted by Crippen LogP contribution is 1.95. The number of carboxylic acids is 1. The van der Waals surface area contributed by atoms with E-state index in [1.165, 1.54) is 10.9 Å². The lowest BCUT2D eigenvalue weighted by Gasteiger charge is -2.19. The van der Waals surface area contributed by atoms with Crippen molar-refractivity contribution in [1.29, 1.82) is 0 Å². The van der Waals surface area contributed by atoms with E-state index in [1.807, 2.05) is 19.0 Å². The Morgan fingerprint density at radius 2 is 2.00 bits per heavy atom. The fourth-order valence-corrected chi connectivity index (χ4v) is 1.21. The smallest absolute Gasteiger partial charge is 0.358 e. The van der Waals surface area contributed by atoms with Crippen LogP contribution in [0.3, 0.4) is 0 Å². The summed E-state index contributed by atoms with van der Waals surface area (Å²) in [6, 6.07) is 0. The standard InChI is InChI=1S/C10H17N5O3/c1-13(2)4-5-14(3)9(16)7-15-6-8(10(17)18)11-12-15/h6H,4-5,7H2,1-3H3,(H,17,18). The number of aromatic nitrogens is 3. The number of rotatable bonds is 6. The Kier molecular flexibility index (Phi) is 4.78. The Hall–Kier alpha value is -1.96. The normalized spacial score (nSPS) is 10.7. The Balaban J connectivity index is 2.50. The molecular formula is C10H17N5O3. The van der Waals surface area contributed by atoms with Gasteiger partial charge in [-0.1, -0.05) is 5.21 Å². The first-order valence-electron chi connectivity index (χ1n) is 5.42. The molecule has 0 saturated carbocycles. The van der Waals surface area contributed by atoms with Crippen molar-refractivity contribution < 1.29 is 14.7 Å². The summed E-state index contributed by atoms with van der Waals surface area (Å²) in [7, 11) is 5.55. The lowest BCUT2D eigenvalue weighted by Crippen LogP contribution is -2.35. The molecule has 0 aliphatic carbocycles. The van der Waals surface area contributed by atoms with E-state index < -0.39 is 5.97 Å². The molecule has 100 valence electrons. The molecule has 1 rings (SSSR count). The van der Waals surface area contributed by atoms with E-state index in [-0.39, 0.29) is 18.1 Å². The number of aromatic carboxylic acids is 1. The second-order valence-corrected chi connectivity index (χ2v) is 4.23. The van der Waals surface area contributed by atoms with Crippen LogP contribution in [0.15, 0.2) is 6.20 Å². The van der Waals surface area contributed by atoms with E-state index in [9.17, 15) is 9.59 Å². The van der Waals surface area contributed by atoms with Crippen molar-refractivity contribution in [1.82, 2.24) is 24.8 Å². The third kappa shape index (κ3) is 4.13. The van der Waals surface area contributed by atoms with Crippen LogP contribution >= 0.6 is 0 Å². The zero-order valence-electron chi connectivity index (χ0n) is 10.7. The van der Waals surface area contributed by atoms with Crippen molar-refractivity contribution in [3.63, 3.8) is 0 Å². The number of amides is 1. The maximum Gasteiger partial charge on any atom is 0.358 e. The molecule has 0 aliphatic heterocycles. The number of nitrogens with zero attached hydrogens (tertiary/aromatic N) is 5. The molecule has 0 spiro atoms. The molecule has 8 heteroatoms. The minimum atomic E-state index is -1.16. The van der Waals surface area contributed by atoms with Gasteiger partial charge in [0.15, 0.2) is 5.69 Å². The topological polar surface area (TPSA) is 91.6 Å². The molecule has 1 aromatic rings. The lowest BCUT2D eigenvalue weighted by molar-refractivity contribution is -0.130. The van der Waals surface area contributed by atoms with Crippen molar-refractivity contribution >= 4 is 11.9 Å². The molecule has 1 aromatic heterocycles. The van der Waals surface area contributed by atoms with Gasteiger partial charge in [-0.2, -0.15) is 0 Å². The Labute approximate surface area is 105 Å². The van der Waals surface area contributed by atoms with E-state index in [0.29, 0.717) is 6.54 Å². The Morgan fingerprint density at radius 1 is 1.33 bits per heavy atom. The van der Waals surface area contributed by atoms with Crippen molar-refractivity contribution in [3.05, 3.63) is 11.9 Å². The molecule has 18 heavy (non-hydrogen) atoms. The van der Waals surface area contributed by atoms with Crippen LogP contribution in [0, 0.1) is 0 Å². The average Bonchev–Trinajstić information content (AvgIpc) is 2.74. The molecular weight excluding hydrogens is 238 g/mol. The third-order valence-corrected chi connectivity index (χ3v) is 2.36. The number of hydrogen-bond acceptors (Lipinski definition) is 5. The van der Waals surface area contributed by atoms with Crippen molar-refractivity contribution in [2.75, 3.05) is 34.2 Å². The fourth-order valence-electron chi connectivity index (χ4n) is 1.21. The van der Waals surface area contributed by atoms with E-state index in [1.54, 1.807) is 11.9 Å². The third-order valence-electron chi connectivity index (χ3n) is 2.36. The van der Waals surface area contributed by atoms with Gasteiger partial charge in [-0.15, -0.1) is 5.10 Å². The van der Waals surface area contributed by atoms with Gasteiger partial charge in [-0.3, -0.25) is 4.79 Å². The van der Waals surface area contributed by atoms with Crippen LogP contribution in [0.1, 0.15) is 10.5 Å². The van der Waals surface area contributed by atoms with Crippen LogP contribution in [-0.2, 0) is 11.3 Å². The van der Waals surface area contributed by atoms with E-state index in [2.05, 4.69) is 10.3 Å². The predicted octanol–water partition coefficient (Wildman–Crippen LogP) is -1.00. The number of carbonyl (C=O) groups excluding carboxylic acids is 1. The van der Waals surface area contributed by atoms with E-state index >= 15 is 0 Å². The van der Waals surface area contributed by atoms with Gasteiger partial charge in [0.2, 0.25) is 5.91 Å². The summed E-state index contributed by atoms with van der Waals surface area (Å²) >= 11 is 0. The Morgan fingerprint density at radius 3 is 2.50 bits per heavy atom. The number of carboxylic acid groups (broad SMARTS) is 1. The minimum absolute atomic E-state index is 0.00971. The summed E-state index contributed by atoms with van der Waals surface area (Å²) in [5, 5.41) is 15.7. The lowest BCUT2D eigenvalue weighted by atomic mass is 10.4. The van der Waals surface area contributed by atoms with Crippen LogP contribution < -0.4 is 0 Å². The second-order valence-electron chi connectivity index (χ2n) is 4.23. The maximum absolute atomic E-state index is 11.8. The highest BCUT2D eigenvalue weighted by atomic mass is 16.4. The van der Waals surface area contributed by atoms with E-state index in [4.69, 9.17) is 5.11 Å².